The highest BCUT2D eigenvalue weighted by atomic mass is 19.3. The molecule has 0 aromatic carbocycles. The van der Waals surface area contributed by atoms with E-state index in [0.29, 0.717) is 19.5 Å². The third-order valence-electron chi connectivity index (χ3n) is 6.11. The van der Waals surface area contributed by atoms with Gasteiger partial charge < -0.3 is 9.88 Å². The van der Waals surface area contributed by atoms with Gasteiger partial charge in [0, 0.05) is 42.4 Å². The molecular weight excluding hydrogens is 442 g/mol. The summed E-state index contributed by atoms with van der Waals surface area (Å²) in [7, 11) is 0. The Hall–Kier alpha value is -4.45. The Labute approximate surface area is 192 Å². The van der Waals surface area contributed by atoms with Gasteiger partial charge in [-0.15, -0.1) is 0 Å². The molecule has 1 saturated heterocycles. The van der Waals surface area contributed by atoms with Gasteiger partial charge >= 0.3 is 0 Å². The molecule has 5 heterocycles. The van der Waals surface area contributed by atoms with Crippen LogP contribution in [0.25, 0.3) is 22.3 Å². The average molecular weight is 460 g/mol. The molecule has 4 aromatic heterocycles. The lowest BCUT2D eigenvalue weighted by atomic mass is 9.96. The number of fused-ring (bicyclic) bond motifs is 1. The fourth-order valence-corrected chi connectivity index (χ4v) is 4.51. The molecule has 4 aromatic rings. The van der Waals surface area contributed by atoms with Gasteiger partial charge in [-0.25, -0.2) is 28.7 Å². The highest BCUT2D eigenvalue weighted by Crippen LogP contribution is 2.35. The van der Waals surface area contributed by atoms with Crippen molar-refractivity contribution in [3.63, 3.8) is 0 Å². The largest absolute Gasteiger partial charge is 0.355 e. The maximum absolute atomic E-state index is 13.3. The van der Waals surface area contributed by atoms with Crippen molar-refractivity contribution in [2.75, 3.05) is 18.0 Å². The van der Waals surface area contributed by atoms with Gasteiger partial charge in [0.1, 0.15) is 41.4 Å². The molecule has 0 amide bonds. The number of halogens is 2. The monoisotopic (exact) mass is 460 g/mol. The normalized spacial score (nSPS) is 16.6. The average Bonchev–Trinajstić information content (AvgIpc) is 3.62. The van der Waals surface area contributed by atoms with Crippen LogP contribution in [0, 0.1) is 28.6 Å². The number of H-pyrrole nitrogens is 1. The molecule has 0 radical (unpaired) electrons. The van der Waals surface area contributed by atoms with Crippen molar-refractivity contribution in [3.05, 3.63) is 48.6 Å². The van der Waals surface area contributed by atoms with Crippen molar-refractivity contribution in [2.24, 2.45) is 5.92 Å². The first kappa shape index (κ1) is 21.4. The van der Waals surface area contributed by atoms with E-state index >= 15 is 0 Å². The van der Waals surface area contributed by atoms with Gasteiger partial charge in [-0.2, -0.15) is 15.6 Å². The highest BCUT2D eigenvalue weighted by Gasteiger charge is 2.34. The van der Waals surface area contributed by atoms with Crippen LogP contribution in [-0.2, 0) is 0 Å². The Morgan fingerprint density at radius 2 is 2.03 bits per heavy atom. The summed E-state index contributed by atoms with van der Waals surface area (Å²) in [5.41, 5.74) is 1.48. The third-order valence-corrected chi connectivity index (χ3v) is 6.11. The molecule has 34 heavy (non-hydrogen) atoms. The molecule has 170 valence electrons. The van der Waals surface area contributed by atoms with Gasteiger partial charge in [0.2, 0.25) is 0 Å². The number of hydrogen-bond donors (Lipinski definition) is 1. The Bertz CT molecular complexity index is 1410. The van der Waals surface area contributed by atoms with E-state index in [4.69, 9.17) is 0 Å². The predicted octanol–water partition coefficient (Wildman–Crippen LogP) is 3.40. The molecule has 0 aliphatic carbocycles. The number of nitrogens with one attached hydrogen (secondary N) is 1. The van der Waals surface area contributed by atoms with Crippen LogP contribution in [0.1, 0.15) is 36.6 Å². The van der Waals surface area contributed by atoms with Crippen LogP contribution in [0.3, 0.4) is 0 Å². The van der Waals surface area contributed by atoms with Gasteiger partial charge in [0.25, 0.3) is 6.43 Å². The van der Waals surface area contributed by atoms with Gasteiger partial charge in [-0.3, -0.25) is 4.68 Å². The summed E-state index contributed by atoms with van der Waals surface area (Å²) in [6.07, 6.45) is 5.95. The fraction of sp³-hybridized carbons (Fsp3) is 0.318. The Morgan fingerprint density at radius 3 is 2.82 bits per heavy atom. The summed E-state index contributed by atoms with van der Waals surface area (Å²) in [5.74, 6) is 0.199. The van der Waals surface area contributed by atoms with Crippen molar-refractivity contribution in [3.8, 4) is 23.4 Å². The molecular formula is C22H18F2N10. The predicted molar refractivity (Wildman–Crippen MR) is 116 cm³/mol. The first-order valence-corrected chi connectivity index (χ1v) is 10.6. The summed E-state index contributed by atoms with van der Waals surface area (Å²) < 4.78 is 28.4. The summed E-state index contributed by atoms with van der Waals surface area (Å²) in [6.45, 7) is 0.969. The minimum absolute atomic E-state index is 0.00147. The zero-order valence-corrected chi connectivity index (χ0v) is 17.8. The van der Waals surface area contributed by atoms with Crippen molar-refractivity contribution in [2.45, 2.75) is 25.3 Å². The zero-order valence-electron chi connectivity index (χ0n) is 17.8. The van der Waals surface area contributed by atoms with Crippen molar-refractivity contribution in [1.29, 1.82) is 10.5 Å². The summed E-state index contributed by atoms with van der Waals surface area (Å²) >= 11 is 0. The molecule has 2 atom stereocenters. The van der Waals surface area contributed by atoms with E-state index in [2.05, 4.69) is 36.1 Å². The van der Waals surface area contributed by atoms with Crippen molar-refractivity contribution >= 4 is 16.9 Å². The molecule has 0 saturated carbocycles. The van der Waals surface area contributed by atoms with Gasteiger partial charge in [0.05, 0.1) is 30.4 Å². The van der Waals surface area contributed by atoms with Gasteiger partial charge in [-0.05, 0) is 12.5 Å². The molecule has 10 nitrogen and oxygen atoms in total. The number of nitriles is 2. The molecule has 0 unspecified atom stereocenters. The highest BCUT2D eigenvalue weighted by molar-refractivity contribution is 5.89. The SMILES string of the molecule is N#CC[C@@H]([C@H]1CCN(c2ncnc(C(F)F)c2C#N)C1)n1cc(-c2ncnc3[nH]ccc23)cn1. The molecule has 1 aliphatic rings. The molecule has 12 heteroatoms. The van der Waals surface area contributed by atoms with E-state index in [1.807, 2.05) is 18.3 Å². The number of rotatable bonds is 6. The minimum Gasteiger partial charge on any atom is -0.355 e. The van der Waals surface area contributed by atoms with E-state index in [0.717, 1.165) is 28.6 Å². The Kier molecular flexibility index (Phi) is 5.55. The third kappa shape index (κ3) is 3.69. The van der Waals surface area contributed by atoms with E-state index in [1.54, 1.807) is 22.0 Å². The van der Waals surface area contributed by atoms with Crippen LogP contribution in [-0.4, -0.2) is 47.8 Å². The standard InChI is InChI=1S/C22H18F2N10/c23-20(24)19-16(7-26)22(31-12-29-19)33-6-3-13(9-33)17(1-4-25)34-10-14(8-32-34)18-15-2-5-27-21(15)30-11-28-18/h2,5,8,10-13,17,20H,1,3,6,9H2,(H,27,28,30)/t13-,17-/m0/s1. The summed E-state index contributed by atoms with van der Waals surface area (Å²) in [4.78, 5) is 21.2. The lowest BCUT2D eigenvalue weighted by Gasteiger charge is -2.23. The molecule has 0 spiro atoms. The quantitative estimate of drug-likeness (QED) is 0.462. The van der Waals surface area contributed by atoms with E-state index < -0.39 is 12.1 Å². The number of hydrogen-bond acceptors (Lipinski definition) is 8. The molecule has 0 bridgehead atoms. The smallest absolute Gasteiger partial charge is 0.281 e. The maximum atomic E-state index is 13.3. The summed E-state index contributed by atoms with van der Waals surface area (Å²) in [6, 6.07) is 5.71. The lowest BCUT2D eigenvalue weighted by molar-refractivity contribution is 0.145. The number of nitrogens with zero attached hydrogens (tertiary/aromatic N) is 9. The van der Waals surface area contributed by atoms with Gasteiger partial charge in [-0.1, -0.05) is 0 Å². The van der Waals surface area contributed by atoms with E-state index in [1.165, 1.54) is 6.33 Å². The molecule has 1 aliphatic heterocycles. The van der Waals surface area contributed by atoms with Crippen LogP contribution in [0.4, 0.5) is 14.6 Å². The van der Waals surface area contributed by atoms with Crippen LogP contribution < -0.4 is 4.90 Å². The Morgan fingerprint density at radius 1 is 1.18 bits per heavy atom. The zero-order chi connectivity index (χ0) is 23.7. The Balaban J connectivity index is 1.42. The first-order chi connectivity index (χ1) is 16.6. The maximum Gasteiger partial charge on any atom is 0.281 e. The van der Waals surface area contributed by atoms with Gasteiger partial charge in [0.15, 0.2) is 0 Å². The number of anilines is 1. The summed E-state index contributed by atoms with van der Waals surface area (Å²) in [5, 5.41) is 24.3. The molecule has 1 N–H and O–H groups in total. The second-order valence-electron chi connectivity index (χ2n) is 7.97. The lowest BCUT2D eigenvalue weighted by Crippen LogP contribution is -2.26. The van der Waals surface area contributed by atoms with Crippen LogP contribution >= 0.6 is 0 Å². The van der Waals surface area contributed by atoms with Crippen molar-refractivity contribution < 1.29 is 8.78 Å². The van der Waals surface area contributed by atoms with Crippen LogP contribution in [0.15, 0.2) is 37.3 Å². The second-order valence-corrected chi connectivity index (χ2v) is 7.97. The first-order valence-electron chi connectivity index (χ1n) is 10.6. The van der Waals surface area contributed by atoms with E-state index in [-0.39, 0.29) is 29.8 Å². The minimum atomic E-state index is -2.86. The topological polar surface area (TPSA) is 136 Å². The number of alkyl halides is 2. The molecule has 1 fully saturated rings. The van der Waals surface area contributed by atoms with Crippen LogP contribution in [0.2, 0.25) is 0 Å². The molecule has 5 rings (SSSR count). The fourth-order valence-electron chi connectivity index (χ4n) is 4.51. The van der Waals surface area contributed by atoms with Crippen molar-refractivity contribution in [1.82, 2.24) is 34.7 Å². The number of aromatic amines is 1. The second kappa shape index (κ2) is 8.83. The number of aromatic nitrogens is 7. The van der Waals surface area contributed by atoms with Crippen LogP contribution in [0.5, 0.6) is 0 Å². The van der Waals surface area contributed by atoms with E-state index in [9.17, 15) is 19.3 Å².